The van der Waals surface area contributed by atoms with E-state index >= 15 is 0 Å². The number of ether oxygens (including phenoxy) is 1. The molecule has 0 bridgehead atoms. The second kappa shape index (κ2) is 3.84. The first-order chi connectivity index (χ1) is 7.04. The van der Waals surface area contributed by atoms with Crippen molar-refractivity contribution in [2.24, 2.45) is 0 Å². The van der Waals surface area contributed by atoms with Gasteiger partial charge in [0.1, 0.15) is 0 Å². The van der Waals surface area contributed by atoms with E-state index in [9.17, 15) is 0 Å². The highest BCUT2D eigenvalue weighted by Crippen LogP contribution is 2.44. The molecule has 1 aliphatic heterocycles. The molecule has 2 rings (SSSR count). The molecule has 82 valence electrons. The van der Waals surface area contributed by atoms with Crippen molar-refractivity contribution in [1.29, 1.82) is 0 Å². The monoisotopic (exact) mass is 222 g/mol. The standard InChI is InChI=1S/C13H18OS/c1-9(14-4)10-5-6-12-11(7-10)13(2,3)8-15-12/h5-7,9H,8H2,1-4H3. The van der Waals surface area contributed by atoms with E-state index in [2.05, 4.69) is 39.0 Å². The van der Waals surface area contributed by atoms with Crippen LogP contribution >= 0.6 is 11.8 Å². The number of hydrogen-bond donors (Lipinski definition) is 0. The zero-order valence-corrected chi connectivity index (χ0v) is 10.6. The molecule has 0 N–H and O–H groups in total. The molecule has 1 heterocycles. The van der Waals surface area contributed by atoms with Crippen molar-refractivity contribution in [2.75, 3.05) is 12.9 Å². The molecule has 1 unspecified atom stereocenters. The van der Waals surface area contributed by atoms with Crippen LogP contribution < -0.4 is 0 Å². The number of methoxy groups -OCH3 is 1. The third-order valence-electron chi connectivity index (χ3n) is 3.14. The zero-order chi connectivity index (χ0) is 11.1. The number of hydrogen-bond acceptors (Lipinski definition) is 2. The summed E-state index contributed by atoms with van der Waals surface area (Å²) < 4.78 is 5.36. The van der Waals surface area contributed by atoms with E-state index in [4.69, 9.17) is 4.74 Å². The predicted octanol–water partition coefficient (Wildman–Crippen LogP) is 3.78. The maximum Gasteiger partial charge on any atom is 0.0793 e. The molecular weight excluding hydrogens is 204 g/mol. The average Bonchev–Trinajstić information content (AvgIpc) is 2.53. The van der Waals surface area contributed by atoms with Gasteiger partial charge in [0.25, 0.3) is 0 Å². The molecule has 0 saturated heterocycles. The predicted molar refractivity (Wildman–Crippen MR) is 65.6 cm³/mol. The van der Waals surface area contributed by atoms with Crippen LogP contribution in [0.4, 0.5) is 0 Å². The van der Waals surface area contributed by atoms with Gasteiger partial charge in [0.15, 0.2) is 0 Å². The molecule has 0 spiro atoms. The highest BCUT2D eigenvalue weighted by Gasteiger charge is 2.30. The molecular formula is C13H18OS. The van der Waals surface area contributed by atoms with E-state index in [0.29, 0.717) is 5.41 Å². The Hall–Kier alpha value is -0.470. The summed E-state index contributed by atoms with van der Waals surface area (Å²) in [4.78, 5) is 1.44. The van der Waals surface area contributed by atoms with E-state index in [1.165, 1.54) is 21.8 Å². The Balaban J connectivity index is 2.41. The Morgan fingerprint density at radius 3 is 2.80 bits per heavy atom. The minimum absolute atomic E-state index is 0.191. The fourth-order valence-corrected chi connectivity index (χ4v) is 3.25. The van der Waals surface area contributed by atoms with Crippen LogP contribution in [0.15, 0.2) is 23.1 Å². The lowest BCUT2D eigenvalue weighted by Gasteiger charge is -2.19. The summed E-state index contributed by atoms with van der Waals surface area (Å²) in [6, 6.07) is 6.73. The molecule has 1 aromatic carbocycles. The van der Waals surface area contributed by atoms with E-state index in [1.54, 1.807) is 7.11 Å². The van der Waals surface area contributed by atoms with Gasteiger partial charge in [-0.15, -0.1) is 11.8 Å². The molecule has 0 amide bonds. The van der Waals surface area contributed by atoms with Gasteiger partial charge in [0.05, 0.1) is 6.10 Å². The van der Waals surface area contributed by atoms with Gasteiger partial charge in [-0.3, -0.25) is 0 Å². The molecule has 2 heteroatoms. The van der Waals surface area contributed by atoms with Crippen LogP contribution in [-0.2, 0) is 10.2 Å². The minimum Gasteiger partial charge on any atom is -0.377 e. The highest BCUT2D eigenvalue weighted by molar-refractivity contribution is 7.99. The van der Waals surface area contributed by atoms with Crippen molar-refractivity contribution in [3.05, 3.63) is 29.3 Å². The van der Waals surface area contributed by atoms with E-state index in [-0.39, 0.29) is 6.10 Å². The molecule has 0 aromatic heterocycles. The quantitative estimate of drug-likeness (QED) is 0.753. The third-order valence-corrected chi connectivity index (χ3v) is 4.68. The molecule has 0 fully saturated rings. The molecule has 0 aliphatic carbocycles. The zero-order valence-electron chi connectivity index (χ0n) is 9.83. The second-order valence-corrected chi connectivity index (χ2v) is 5.82. The number of rotatable bonds is 2. The molecule has 1 aliphatic rings. The Bertz CT molecular complexity index is 371. The maximum atomic E-state index is 5.36. The maximum absolute atomic E-state index is 5.36. The number of fused-ring (bicyclic) bond motifs is 1. The van der Waals surface area contributed by atoms with Crippen molar-refractivity contribution in [3.8, 4) is 0 Å². The lowest BCUT2D eigenvalue weighted by atomic mass is 9.86. The SMILES string of the molecule is COC(C)c1ccc2c(c1)C(C)(C)CS2. The minimum atomic E-state index is 0.191. The van der Waals surface area contributed by atoms with Gasteiger partial charge in [-0.25, -0.2) is 0 Å². The Morgan fingerprint density at radius 1 is 1.40 bits per heavy atom. The summed E-state index contributed by atoms with van der Waals surface area (Å²) >= 11 is 1.96. The molecule has 1 aromatic rings. The van der Waals surface area contributed by atoms with Gasteiger partial charge in [0.2, 0.25) is 0 Å². The van der Waals surface area contributed by atoms with Crippen LogP contribution in [0, 0.1) is 0 Å². The van der Waals surface area contributed by atoms with Gasteiger partial charge in [-0.1, -0.05) is 26.0 Å². The van der Waals surface area contributed by atoms with Crippen molar-refractivity contribution in [3.63, 3.8) is 0 Å². The smallest absolute Gasteiger partial charge is 0.0793 e. The topological polar surface area (TPSA) is 9.23 Å². The molecule has 0 saturated carbocycles. The lowest BCUT2D eigenvalue weighted by molar-refractivity contribution is 0.119. The summed E-state index contributed by atoms with van der Waals surface area (Å²) in [5.74, 6) is 1.19. The summed E-state index contributed by atoms with van der Waals surface area (Å²) in [7, 11) is 1.76. The Labute approximate surface area is 96.2 Å². The van der Waals surface area contributed by atoms with Crippen LogP contribution in [0.2, 0.25) is 0 Å². The van der Waals surface area contributed by atoms with Gasteiger partial charge < -0.3 is 4.74 Å². The second-order valence-electron chi connectivity index (χ2n) is 4.81. The molecule has 15 heavy (non-hydrogen) atoms. The molecule has 0 radical (unpaired) electrons. The summed E-state index contributed by atoms with van der Waals surface area (Å²) in [5.41, 5.74) is 3.07. The van der Waals surface area contributed by atoms with Gasteiger partial charge in [0, 0.05) is 23.2 Å². The van der Waals surface area contributed by atoms with Crippen molar-refractivity contribution in [1.82, 2.24) is 0 Å². The van der Waals surface area contributed by atoms with Crippen LogP contribution in [0.5, 0.6) is 0 Å². The van der Waals surface area contributed by atoms with E-state index < -0.39 is 0 Å². The fraction of sp³-hybridized carbons (Fsp3) is 0.538. The van der Waals surface area contributed by atoms with E-state index in [1.807, 2.05) is 11.8 Å². The summed E-state index contributed by atoms with van der Waals surface area (Å²) in [6.45, 7) is 6.72. The fourth-order valence-electron chi connectivity index (χ4n) is 1.93. The summed E-state index contributed by atoms with van der Waals surface area (Å²) in [5, 5.41) is 0. The molecule has 1 nitrogen and oxygen atoms in total. The Kier molecular flexibility index (Phi) is 2.82. The summed E-state index contributed by atoms with van der Waals surface area (Å²) in [6.07, 6.45) is 0.191. The Morgan fingerprint density at radius 2 is 2.13 bits per heavy atom. The van der Waals surface area contributed by atoms with Crippen LogP contribution in [-0.4, -0.2) is 12.9 Å². The van der Waals surface area contributed by atoms with Gasteiger partial charge in [-0.2, -0.15) is 0 Å². The van der Waals surface area contributed by atoms with Crippen LogP contribution in [0.3, 0.4) is 0 Å². The van der Waals surface area contributed by atoms with Crippen molar-refractivity contribution >= 4 is 11.8 Å². The van der Waals surface area contributed by atoms with Gasteiger partial charge in [-0.05, 0) is 24.1 Å². The average molecular weight is 222 g/mol. The number of benzene rings is 1. The first kappa shape index (κ1) is 11.0. The lowest BCUT2D eigenvalue weighted by Crippen LogP contribution is -2.16. The first-order valence-corrected chi connectivity index (χ1v) is 6.33. The van der Waals surface area contributed by atoms with Crippen LogP contribution in [0.25, 0.3) is 0 Å². The largest absolute Gasteiger partial charge is 0.377 e. The highest BCUT2D eigenvalue weighted by atomic mass is 32.2. The van der Waals surface area contributed by atoms with Crippen molar-refractivity contribution in [2.45, 2.75) is 37.2 Å². The third kappa shape index (κ3) is 1.93. The first-order valence-electron chi connectivity index (χ1n) is 5.34. The van der Waals surface area contributed by atoms with Gasteiger partial charge >= 0.3 is 0 Å². The van der Waals surface area contributed by atoms with Crippen molar-refractivity contribution < 1.29 is 4.74 Å². The van der Waals surface area contributed by atoms with Crippen LogP contribution in [0.1, 0.15) is 38.0 Å². The normalized spacial score (nSPS) is 20.0. The molecule has 1 atom stereocenters. The van der Waals surface area contributed by atoms with E-state index in [0.717, 1.165) is 0 Å². The number of thioether (sulfide) groups is 1.